The fourth-order valence-electron chi connectivity index (χ4n) is 4.86. The van der Waals surface area contributed by atoms with E-state index in [1.165, 1.54) is 12.8 Å². The van der Waals surface area contributed by atoms with Crippen molar-refractivity contribution < 1.29 is 9.53 Å². The van der Waals surface area contributed by atoms with E-state index in [0.29, 0.717) is 12.1 Å². The number of esters is 1. The summed E-state index contributed by atoms with van der Waals surface area (Å²) in [4.78, 5) is 14.6. The monoisotopic (exact) mass is 305 g/mol. The van der Waals surface area contributed by atoms with Gasteiger partial charge in [0.05, 0.1) is 6.04 Å². The Bertz CT molecular complexity index is 773. The molecule has 3 nitrogen and oxygen atoms in total. The molecule has 1 spiro atoms. The predicted molar refractivity (Wildman–Crippen MR) is 87.4 cm³/mol. The maximum atomic E-state index is 12.1. The van der Waals surface area contributed by atoms with Crippen molar-refractivity contribution >= 4 is 5.97 Å². The largest absolute Gasteiger partial charge is 0.449 e. The molecule has 2 bridgehead atoms. The van der Waals surface area contributed by atoms with Crippen LogP contribution >= 0.6 is 0 Å². The summed E-state index contributed by atoms with van der Waals surface area (Å²) in [6, 6.07) is 0.699. The van der Waals surface area contributed by atoms with E-state index < -0.39 is 5.60 Å². The Morgan fingerprint density at radius 1 is 1.30 bits per heavy atom. The second-order valence-corrected chi connectivity index (χ2v) is 7.04. The van der Waals surface area contributed by atoms with Gasteiger partial charge >= 0.3 is 5.97 Å². The smallest absolute Gasteiger partial charge is 0.332 e. The lowest BCUT2D eigenvalue weighted by atomic mass is 9.77. The van der Waals surface area contributed by atoms with Crippen molar-refractivity contribution in [1.82, 2.24) is 4.90 Å². The minimum absolute atomic E-state index is 0.192. The van der Waals surface area contributed by atoms with Crippen LogP contribution in [0.4, 0.5) is 0 Å². The third-order valence-electron chi connectivity index (χ3n) is 5.80. The number of nitrogens with zero attached hydrogens (tertiary/aromatic N) is 1. The van der Waals surface area contributed by atoms with Crippen molar-refractivity contribution in [2.24, 2.45) is 0 Å². The third kappa shape index (κ3) is 1.85. The van der Waals surface area contributed by atoms with Crippen LogP contribution in [-0.2, 0) is 9.53 Å². The van der Waals surface area contributed by atoms with E-state index >= 15 is 0 Å². The molecule has 0 aromatic rings. The average Bonchev–Trinajstić information content (AvgIpc) is 3.24. The van der Waals surface area contributed by atoms with E-state index in [1.54, 1.807) is 6.08 Å². The van der Waals surface area contributed by atoms with Gasteiger partial charge in [0.2, 0.25) is 0 Å². The summed E-state index contributed by atoms with van der Waals surface area (Å²) in [7, 11) is 0. The molecule has 0 aromatic heterocycles. The highest BCUT2D eigenvalue weighted by molar-refractivity contribution is 5.90. The molecule has 5 rings (SSSR count). The summed E-state index contributed by atoms with van der Waals surface area (Å²) in [5, 5.41) is 0. The van der Waals surface area contributed by atoms with Gasteiger partial charge in [-0.15, -0.1) is 0 Å². The quantitative estimate of drug-likeness (QED) is 0.509. The van der Waals surface area contributed by atoms with Crippen LogP contribution in [0.5, 0.6) is 0 Å². The molecule has 3 heterocycles. The summed E-state index contributed by atoms with van der Waals surface area (Å²) in [5.41, 5.74) is 2.76. The van der Waals surface area contributed by atoms with Crippen LogP contribution in [0.15, 0.2) is 47.1 Å². The first-order chi connectivity index (χ1) is 11.3. The molecule has 3 heteroatoms. The highest BCUT2D eigenvalue weighted by Crippen LogP contribution is 2.53. The van der Waals surface area contributed by atoms with Crippen molar-refractivity contribution in [3.63, 3.8) is 0 Å². The summed E-state index contributed by atoms with van der Waals surface area (Å²) in [6.07, 6.45) is 15.6. The molecule has 0 unspecified atom stereocenters. The van der Waals surface area contributed by atoms with Crippen molar-refractivity contribution in [2.45, 2.75) is 49.8 Å². The second-order valence-electron chi connectivity index (χ2n) is 7.04. The third-order valence-corrected chi connectivity index (χ3v) is 5.80. The van der Waals surface area contributed by atoms with Gasteiger partial charge in [-0.3, -0.25) is 4.90 Å². The van der Waals surface area contributed by atoms with Gasteiger partial charge in [0.15, 0.2) is 5.60 Å². The number of hydrogen-bond donors (Lipinski definition) is 0. The fourth-order valence-corrected chi connectivity index (χ4v) is 4.86. The van der Waals surface area contributed by atoms with Gasteiger partial charge in [0.25, 0.3) is 0 Å². The minimum atomic E-state index is -0.427. The molecular weight excluding hydrogens is 286 g/mol. The van der Waals surface area contributed by atoms with Gasteiger partial charge in [-0.2, -0.15) is 0 Å². The zero-order valence-electron chi connectivity index (χ0n) is 13.0. The molecule has 0 radical (unpaired) electrons. The Kier molecular flexibility index (Phi) is 2.75. The van der Waals surface area contributed by atoms with E-state index in [9.17, 15) is 4.79 Å². The van der Waals surface area contributed by atoms with Gasteiger partial charge < -0.3 is 4.74 Å². The van der Waals surface area contributed by atoms with E-state index in [4.69, 9.17) is 4.74 Å². The SMILES string of the molecule is O=C1C=C2C(C#CC3=CC=CC3)=C[C@@H]3C[C@@]2(O1)[C@H]1CCCCN31. The minimum Gasteiger partial charge on any atom is -0.449 e. The number of rotatable bonds is 0. The predicted octanol–water partition coefficient (Wildman–Crippen LogP) is 2.66. The van der Waals surface area contributed by atoms with Crippen molar-refractivity contribution in [2.75, 3.05) is 6.54 Å². The van der Waals surface area contributed by atoms with Crippen molar-refractivity contribution in [1.29, 1.82) is 0 Å². The molecule has 23 heavy (non-hydrogen) atoms. The number of ether oxygens (including phenoxy) is 1. The Morgan fingerprint density at radius 3 is 3.13 bits per heavy atom. The first kappa shape index (κ1) is 13.4. The molecule has 3 aliphatic heterocycles. The summed E-state index contributed by atoms with van der Waals surface area (Å²) in [5.74, 6) is 6.42. The van der Waals surface area contributed by atoms with Gasteiger partial charge in [0.1, 0.15) is 0 Å². The number of carbonyl (C=O) groups excluding carboxylic acids is 1. The number of fused-ring (bicyclic) bond motifs is 3. The van der Waals surface area contributed by atoms with Gasteiger partial charge in [-0.05, 0) is 25.8 Å². The molecule has 3 atom stereocenters. The van der Waals surface area contributed by atoms with Crippen LogP contribution < -0.4 is 0 Å². The van der Waals surface area contributed by atoms with Crippen molar-refractivity contribution in [3.05, 3.63) is 47.1 Å². The van der Waals surface area contributed by atoms with Gasteiger partial charge in [-0.25, -0.2) is 4.79 Å². The maximum Gasteiger partial charge on any atom is 0.332 e. The number of piperidine rings is 1. The highest BCUT2D eigenvalue weighted by Gasteiger charge is 2.61. The standard InChI is InChI=1S/C20H19NO2/c22-19-12-17-15(9-8-14-5-1-2-6-14)11-16-13-20(17,23-19)18-7-3-4-10-21(16)18/h1-2,5,11-12,16,18H,3-4,6-7,10,13H2/t16-,18-,20+/m1/s1. The lowest BCUT2D eigenvalue weighted by Crippen LogP contribution is -2.48. The summed E-state index contributed by atoms with van der Waals surface area (Å²) >= 11 is 0. The van der Waals surface area contributed by atoms with Crippen LogP contribution in [0, 0.1) is 11.8 Å². The zero-order valence-corrected chi connectivity index (χ0v) is 13.0. The zero-order chi connectivity index (χ0) is 15.4. The molecule has 116 valence electrons. The lowest BCUT2D eigenvalue weighted by Gasteiger charge is -2.38. The molecule has 5 aliphatic rings. The van der Waals surface area contributed by atoms with Gasteiger partial charge in [0, 0.05) is 35.3 Å². The highest BCUT2D eigenvalue weighted by atomic mass is 16.6. The fraction of sp³-hybridized carbons (Fsp3) is 0.450. The van der Waals surface area contributed by atoms with Crippen LogP contribution in [-0.4, -0.2) is 35.1 Å². The Morgan fingerprint density at radius 2 is 2.26 bits per heavy atom. The Labute approximate surface area is 136 Å². The van der Waals surface area contributed by atoms with Crippen molar-refractivity contribution in [3.8, 4) is 11.8 Å². The lowest BCUT2D eigenvalue weighted by molar-refractivity contribution is -0.148. The molecule has 2 fully saturated rings. The Balaban J connectivity index is 1.57. The molecular formula is C20H19NO2. The molecule has 0 N–H and O–H groups in total. The normalized spacial score (nSPS) is 37.2. The van der Waals surface area contributed by atoms with E-state index in [-0.39, 0.29) is 5.97 Å². The maximum absolute atomic E-state index is 12.1. The van der Waals surface area contributed by atoms with E-state index in [0.717, 1.165) is 42.5 Å². The van der Waals surface area contributed by atoms with Crippen LogP contribution in [0.25, 0.3) is 0 Å². The number of carbonyl (C=O) groups is 1. The molecule has 2 aliphatic carbocycles. The Hall–Kier alpha value is -2.05. The summed E-state index contributed by atoms with van der Waals surface area (Å²) < 4.78 is 5.91. The van der Waals surface area contributed by atoms with Crippen LogP contribution in [0.3, 0.4) is 0 Å². The molecule has 0 saturated carbocycles. The number of hydrogen-bond acceptors (Lipinski definition) is 3. The molecule has 0 amide bonds. The van der Waals surface area contributed by atoms with Crippen LogP contribution in [0.1, 0.15) is 32.1 Å². The van der Waals surface area contributed by atoms with E-state index in [2.05, 4.69) is 35.0 Å². The number of allylic oxidation sites excluding steroid dienone is 4. The average molecular weight is 305 g/mol. The topological polar surface area (TPSA) is 29.5 Å². The first-order valence-corrected chi connectivity index (χ1v) is 8.57. The second kappa shape index (κ2) is 4.72. The molecule has 0 aromatic carbocycles. The van der Waals surface area contributed by atoms with Crippen LogP contribution in [0.2, 0.25) is 0 Å². The van der Waals surface area contributed by atoms with E-state index in [1.807, 2.05) is 6.08 Å². The van der Waals surface area contributed by atoms with Gasteiger partial charge in [-0.1, -0.05) is 42.6 Å². The molecule has 2 saturated heterocycles. The summed E-state index contributed by atoms with van der Waals surface area (Å²) in [6.45, 7) is 1.11. The first-order valence-electron chi connectivity index (χ1n) is 8.57.